The van der Waals surface area contributed by atoms with Crippen molar-refractivity contribution in [3.05, 3.63) is 34.9 Å². The molecule has 108 valence electrons. The molecule has 0 aliphatic heterocycles. The first-order valence-electron chi connectivity index (χ1n) is 6.83. The fourth-order valence-corrected chi connectivity index (χ4v) is 2.25. The Morgan fingerprint density at radius 1 is 1.40 bits per heavy atom. The monoisotopic (exact) mass is 275 g/mol. The Morgan fingerprint density at radius 2 is 2.15 bits per heavy atom. The van der Waals surface area contributed by atoms with Gasteiger partial charge in [-0.05, 0) is 26.3 Å². The molecule has 6 heteroatoms. The second kappa shape index (κ2) is 5.90. The number of hydrogen-bond acceptors (Lipinski definition) is 3. The van der Waals surface area contributed by atoms with Gasteiger partial charge in [0.25, 0.3) is 5.91 Å². The predicted octanol–water partition coefficient (Wildman–Crippen LogP) is 1.57. The summed E-state index contributed by atoms with van der Waals surface area (Å²) >= 11 is 0. The van der Waals surface area contributed by atoms with Gasteiger partial charge >= 0.3 is 0 Å². The summed E-state index contributed by atoms with van der Waals surface area (Å²) in [6.07, 6.45) is 2.61. The van der Waals surface area contributed by atoms with Gasteiger partial charge in [-0.2, -0.15) is 10.2 Å². The van der Waals surface area contributed by atoms with E-state index in [1.807, 2.05) is 25.6 Å². The molecular weight excluding hydrogens is 254 g/mol. The summed E-state index contributed by atoms with van der Waals surface area (Å²) in [5.41, 5.74) is 3.70. The van der Waals surface area contributed by atoms with E-state index in [9.17, 15) is 4.79 Å². The third-order valence-electron chi connectivity index (χ3n) is 3.47. The van der Waals surface area contributed by atoms with E-state index in [-0.39, 0.29) is 5.91 Å². The number of rotatable bonds is 5. The van der Waals surface area contributed by atoms with E-state index < -0.39 is 0 Å². The molecule has 2 rings (SSSR count). The first kappa shape index (κ1) is 14.3. The van der Waals surface area contributed by atoms with Crippen LogP contribution in [-0.4, -0.2) is 25.5 Å². The molecular formula is C14H21N5O. The molecule has 20 heavy (non-hydrogen) atoms. The second-order valence-corrected chi connectivity index (χ2v) is 4.90. The Balaban J connectivity index is 2.07. The molecule has 2 aromatic rings. The lowest BCUT2D eigenvalue weighted by Gasteiger charge is -2.08. The van der Waals surface area contributed by atoms with E-state index in [2.05, 4.69) is 22.4 Å². The lowest BCUT2D eigenvalue weighted by molar-refractivity contribution is 0.0940. The molecule has 0 atom stereocenters. The maximum absolute atomic E-state index is 12.2. The summed E-state index contributed by atoms with van der Waals surface area (Å²) in [7, 11) is 1.91. The normalized spacial score (nSPS) is 10.8. The van der Waals surface area contributed by atoms with E-state index in [1.54, 1.807) is 16.9 Å². The lowest BCUT2D eigenvalue weighted by atomic mass is 10.2. The fraction of sp³-hybridized carbons (Fsp3) is 0.500. The van der Waals surface area contributed by atoms with Crippen molar-refractivity contribution in [1.82, 2.24) is 24.9 Å². The molecule has 0 saturated heterocycles. The third-order valence-corrected chi connectivity index (χ3v) is 3.47. The highest BCUT2D eigenvalue weighted by Gasteiger charge is 2.14. The molecule has 0 saturated carbocycles. The van der Waals surface area contributed by atoms with Crippen LogP contribution < -0.4 is 5.32 Å². The number of hydrogen-bond donors (Lipinski definition) is 1. The number of nitrogens with zero attached hydrogens (tertiary/aromatic N) is 4. The molecule has 0 fully saturated rings. The van der Waals surface area contributed by atoms with E-state index in [1.165, 1.54) is 0 Å². The number of carbonyl (C=O) groups excluding carboxylic acids is 1. The zero-order chi connectivity index (χ0) is 14.7. The van der Waals surface area contributed by atoms with Crippen LogP contribution in [0.25, 0.3) is 0 Å². The summed E-state index contributed by atoms with van der Waals surface area (Å²) in [5, 5.41) is 11.4. The average Bonchev–Trinajstić information content (AvgIpc) is 2.95. The van der Waals surface area contributed by atoms with Crippen molar-refractivity contribution in [3.63, 3.8) is 0 Å². The highest BCUT2D eigenvalue weighted by atomic mass is 16.2. The molecule has 0 unspecified atom stereocenters. The first-order chi connectivity index (χ1) is 9.54. The standard InChI is InChI=1S/C14H21N5O/c1-5-8-19-13(6-7-16-19)14(20)15-9-12-10(2)17-18(4)11(12)3/h6-7H,5,8-9H2,1-4H3,(H,15,20). The Morgan fingerprint density at radius 3 is 2.75 bits per heavy atom. The van der Waals surface area contributed by atoms with Crippen LogP contribution in [0, 0.1) is 13.8 Å². The van der Waals surface area contributed by atoms with Crippen LogP contribution in [0.1, 0.15) is 40.8 Å². The minimum atomic E-state index is -0.0985. The molecule has 0 aliphatic carbocycles. The molecule has 2 heterocycles. The van der Waals surface area contributed by atoms with Gasteiger partial charge in [-0.25, -0.2) is 0 Å². The summed E-state index contributed by atoms with van der Waals surface area (Å²) in [6, 6.07) is 1.74. The average molecular weight is 275 g/mol. The number of nitrogens with one attached hydrogen (secondary N) is 1. The zero-order valence-corrected chi connectivity index (χ0v) is 12.5. The minimum Gasteiger partial charge on any atom is -0.346 e. The van der Waals surface area contributed by atoms with Crippen molar-refractivity contribution in [2.75, 3.05) is 0 Å². The van der Waals surface area contributed by atoms with Crippen LogP contribution in [-0.2, 0) is 20.1 Å². The van der Waals surface area contributed by atoms with E-state index in [0.717, 1.165) is 29.9 Å². The van der Waals surface area contributed by atoms with Crippen LogP contribution in [0.5, 0.6) is 0 Å². The Labute approximate surface area is 118 Å². The van der Waals surface area contributed by atoms with Crippen molar-refractivity contribution < 1.29 is 4.79 Å². The quantitative estimate of drug-likeness (QED) is 0.901. The molecule has 0 aliphatic rings. The van der Waals surface area contributed by atoms with Gasteiger partial charge in [0.15, 0.2) is 0 Å². The zero-order valence-electron chi connectivity index (χ0n) is 12.5. The second-order valence-electron chi connectivity index (χ2n) is 4.90. The summed E-state index contributed by atoms with van der Waals surface area (Å²) in [5.74, 6) is -0.0985. The number of aryl methyl sites for hydroxylation is 3. The molecule has 6 nitrogen and oxygen atoms in total. The van der Waals surface area contributed by atoms with Crippen LogP contribution >= 0.6 is 0 Å². The Kier molecular flexibility index (Phi) is 4.22. The van der Waals surface area contributed by atoms with E-state index in [4.69, 9.17) is 0 Å². The smallest absolute Gasteiger partial charge is 0.269 e. The molecule has 0 radical (unpaired) electrons. The van der Waals surface area contributed by atoms with Gasteiger partial charge in [-0.1, -0.05) is 6.92 Å². The van der Waals surface area contributed by atoms with E-state index >= 15 is 0 Å². The highest BCUT2D eigenvalue weighted by molar-refractivity contribution is 5.92. The third kappa shape index (κ3) is 2.74. The largest absolute Gasteiger partial charge is 0.346 e. The summed E-state index contributed by atoms with van der Waals surface area (Å²) in [6.45, 7) is 7.26. The van der Waals surface area contributed by atoms with Gasteiger partial charge in [0.1, 0.15) is 5.69 Å². The van der Waals surface area contributed by atoms with Crippen LogP contribution in [0.15, 0.2) is 12.3 Å². The van der Waals surface area contributed by atoms with Gasteiger partial charge in [0, 0.05) is 37.6 Å². The number of carbonyl (C=O) groups is 1. The van der Waals surface area contributed by atoms with Crippen molar-refractivity contribution in [2.24, 2.45) is 7.05 Å². The molecule has 0 spiro atoms. The predicted molar refractivity (Wildman–Crippen MR) is 76.4 cm³/mol. The molecule has 0 bridgehead atoms. The van der Waals surface area contributed by atoms with Crippen molar-refractivity contribution in [3.8, 4) is 0 Å². The summed E-state index contributed by atoms with van der Waals surface area (Å²) in [4.78, 5) is 12.2. The number of amides is 1. The maximum Gasteiger partial charge on any atom is 0.269 e. The van der Waals surface area contributed by atoms with Gasteiger partial charge < -0.3 is 5.32 Å². The number of aromatic nitrogens is 4. The van der Waals surface area contributed by atoms with Gasteiger partial charge in [0.05, 0.1) is 5.69 Å². The molecule has 1 N–H and O–H groups in total. The Bertz CT molecular complexity index is 611. The Hall–Kier alpha value is -2.11. The van der Waals surface area contributed by atoms with Crippen LogP contribution in [0.3, 0.4) is 0 Å². The fourth-order valence-electron chi connectivity index (χ4n) is 2.25. The first-order valence-corrected chi connectivity index (χ1v) is 6.83. The van der Waals surface area contributed by atoms with Gasteiger partial charge in [0.2, 0.25) is 0 Å². The van der Waals surface area contributed by atoms with Crippen molar-refractivity contribution in [1.29, 1.82) is 0 Å². The summed E-state index contributed by atoms with van der Waals surface area (Å²) < 4.78 is 3.57. The maximum atomic E-state index is 12.2. The van der Waals surface area contributed by atoms with Gasteiger partial charge in [-0.3, -0.25) is 14.2 Å². The molecule has 2 aromatic heterocycles. The van der Waals surface area contributed by atoms with Gasteiger partial charge in [-0.15, -0.1) is 0 Å². The molecule has 0 aromatic carbocycles. The van der Waals surface area contributed by atoms with Crippen LogP contribution in [0.4, 0.5) is 0 Å². The van der Waals surface area contributed by atoms with Crippen molar-refractivity contribution >= 4 is 5.91 Å². The van der Waals surface area contributed by atoms with Crippen LogP contribution in [0.2, 0.25) is 0 Å². The van der Waals surface area contributed by atoms with Crippen molar-refractivity contribution in [2.45, 2.75) is 40.3 Å². The lowest BCUT2D eigenvalue weighted by Crippen LogP contribution is -2.26. The minimum absolute atomic E-state index is 0.0985. The topological polar surface area (TPSA) is 64.7 Å². The highest BCUT2D eigenvalue weighted by Crippen LogP contribution is 2.11. The van der Waals surface area contributed by atoms with E-state index in [0.29, 0.717) is 12.2 Å². The SMILES string of the molecule is CCCn1nccc1C(=O)NCc1c(C)nn(C)c1C. The molecule has 1 amide bonds.